The zero-order valence-corrected chi connectivity index (χ0v) is 17.9. The summed E-state index contributed by atoms with van der Waals surface area (Å²) in [4.78, 5) is 6.35. The van der Waals surface area contributed by atoms with E-state index in [1.54, 1.807) is 26.3 Å². The van der Waals surface area contributed by atoms with Crippen LogP contribution in [0.25, 0.3) is 0 Å². The number of halogens is 1. The van der Waals surface area contributed by atoms with Crippen LogP contribution < -0.4 is 10.1 Å². The van der Waals surface area contributed by atoms with E-state index in [9.17, 15) is 8.42 Å². The third-order valence-electron chi connectivity index (χ3n) is 4.65. The molecule has 1 aromatic heterocycles. The molecule has 1 aromatic carbocycles. The molecule has 11 heteroatoms. The van der Waals surface area contributed by atoms with Crippen LogP contribution in [-0.4, -0.2) is 69.1 Å². The van der Waals surface area contributed by atoms with E-state index in [1.807, 2.05) is 17.0 Å². The van der Waals surface area contributed by atoms with Gasteiger partial charge < -0.3 is 19.5 Å². The lowest BCUT2D eigenvalue weighted by Crippen LogP contribution is -2.53. The maximum absolute atomic E-state index is 12.6. The van der Waals surface area contributed by atoms with Gasteiger partial charge in [0.1, 0.15) is 17.8 Å². The maximum Gasteiger partial charge on any atom is 0.220 e. The van der Waals surface area contributed by atoms with Crippen molar-refractivity contribution in [1.29, 1.82) is 0 Å². The van der Waals surface area contributed by atoms with Crippen LogP contribution in [0, 0.1) is 0 Å². The summed E-state index contributed by atoms with van der Waals surface area (Å²) in [7, 11) is -0.132. The Morgan fingerprint density at radius 2 is 2.07 bits per heavy atom. The minimum absolute atomic E-state index is 0.160. The van der Waals surface area contributed by atoms with Gasteiger partial charge in [0.25, 0.3) is 0 Å². The molecule has 158 valence electrons. The number of piperazine rings is 1. The first kappa shape index (κ1) is 21.4. The molecule has 1 aliphatic rings. The van der Waals surface area contributed by atoms with Crippen molar-refractivity contribution in [3.8, 4) is 5.75 Å². The molecule has 0 radical (unpaired) electrons. The SMILES string of the molecule is CN=C(NCc1ccc(Cl)cc1OC)N1CCN(S(=O)(=O)Cc2ccon2)CC1. The number of sulfonamides is 1. The summed E-state index contributed by atoms with van der Waals surface area (Å²) in [6.45, 7) is 2.35. The number of hydrogen-bond acceptors (Lipinski definition) is 6. The Morgan fingerprint density at radius 3 is 2.69 bits per heavy atom. The van der Waals surface area contributed by atoms with Gasteiger partial charge in [-0.2, -0.15) is 4.31 Å². The van der Waals surface area contributed by atoms with Gasteiger partial charge >= 0.3 is 0 Å². The molecule has 3 rings (SSSR count). The zero-order valence-electron chi connectivity index (χ0n) is 16.3. The van der Waals surface area contributed by atoms with Crippen molar-refractivity contribution >= 4 is 27.6 Å². The highest BCUT2D eigenvalue weighted by Gasteiger charge is 2.29. The van der Waals surface area contributed by atoms with E-state index >= 15 is 0 Å². The van der Waals surface area contributed by atoms with Gasteiger partial charge in [-0.1, -0.05) is 22.8 Å². The topological polar surface area (TPSA) is 100 Å². The van der Waals surface area contributed by atoms with Crippen molar-refractivity contribution < 1.29 is 17.7 Å². The number of aliphatic imine (C=N–C) groups is 1. The molecule has 2 aromatic rings. The first-order valence-corrected chi connectivity index (χ1v) is 11.1. The van der Waals surface area contributed by atoms with Gasteiger partial charge in [-0.25, -0.2) is 8.42 Å². The molecule has 0 amide bonds. The van der Waals surface area contributed by atoms with Crippen LogP contribution in [0.2, 0.25) is 5.02 Å². The Morgan fingerprint density at radius 1 is 1.31 bits per heavy atom. The van der Waals surface area contributed by atoms with Crippen LogP contribution in [0.1, 0.15) is 11.3 Å². The van der Waals surface area contributed by atoms with Crippen molar-refractivity contribution in [3.05, 3.63) is 46.8 Å². The number of benzene rings is 1. The number of rotatable bonds is 6. The molecule has 1 fully saturated rings. The molecule has 0 bridgehead atoms. The summed E-state index contributed by atoms with van der Waals surface area (Å²) in [5.74, 6) is 1.24. The second-order valence-corrected chi connectivity index (χ2v) is 8.90. The Hall–Kier alpha value is -2.30. The van der Waals surface area contributed by atoms with Crippen LogP contribution in [0.15, 0.2) is 40.0 Å². The van der Waals surface area contributed by atoms with Gasteiger partial charge in [-0.15, -0.1) is 0 Å². The molecule has 0 spiro atoms. The average Bonchev–Trinajstić information content (AvgIpc) is 3.22. The normalized spacial score (nSPS) is 16.1. The molecule has 1 N–H and O–H groups in total. The minimum Gasteiger partial charge on any atom is -0.496 e. The average molecular weight is 442 g/mol. The molecule has 0 atom stereocenters. The highest BCUT2D eigenvalue weighted by atomic mass is 35.5. The van der Waals surface area contributed by atoms with E-state index in [1.165, 1.54) is 10.6 Å². The maximum atomic E-state index is 12.6. The fraction of sp³-hybridized carbons (Fsp3) is 0.444. The number of hydrogen-bond donors (Lipinski definition) is 1. The fourth-order valence-electron chi connectivity index (χ4n) is 3.14. The lowest BCUT2D eigenvalue weighted by atomic mass is 10.2. The summed E-state index contributed by atoms with van der Waals surface area (Å²) < 4.78 is 36.7. The Balaban J connectivity index is 1.56. The zero-order chi connectivity index (χ0) is 20.9. The molecule has 0 aliphatic carbocycles. The first-order chi connectivity index (χ1) is 13.9. The fourth-order valence-corrected chi connectivity index (χ4v) is 4.73. The van der Waals surface area contributed by atoms with Crippen molar-refractivity contribution in [2.24, 2.45) is 4.99 Å². The molecule has 1 aliphatic heterocycles. The highest BCUT2D eigenvalue weighted by molar-refractivity contribution is 7.88. The number of methoxy groups -OCH3 is 1. The summed E-state index contributed by atoms with van der Waals surface area (Å²) >= 11 is 6.01. The summed E-state index contributed by atoms with van der Waals surface area (Å²) in [5, 5.41) is 7.60. The van der Waals surface area contributed by atoms with Crippen molar-refractivity contribution in [1.82, 2.24) is 19.7 Å². The van der Waals surface area contributed by atoms with Gasteiger partial charge in [-0.3, -0.25) is 4.99 Å². The van der Waals surface area contributed by atoms with E-state index in [0.717, 1.165) is 5.56 Å². The summed E-state index contributed by atoms with van der Waals surface area (Å²) in [5.41, 5.74) is 1.36. The Bertz CT molecular complexity index is 941. The van der Waals surface area contributed by atoms with Crippen LogP contribution in [0.3, 0.4) is 0 Å². The number of ether oxygens (including phenoxy) is 1. The Kier molecular flexibility index (Phi) is 6.99. The molecule has 1 saturated heterocycles. The predicted octanol–water partition coefficient (Wildman–Crippen LogP) is 1.56. The first-order valence-electron chi connectivity index (χ1n) is 9.08. The van der Waals surface area contributed by atoms with Crippen molar-refractivity contribution in [2.45, 2.75) is 12.3 Å². The molecule has 0 unspecified atom stereocenters. The van der Waals surface area contributed by atoms with Gasteiger partial charge in [0, 0.05) is 56.4 Å². The second-order valence-electron chi connectivity index (χ2n) is 6.49. The van der Waals surface area contributed by atoms with Crippen LogP contribution >= 0.6 is 11.6 Å². The lowest BCUT2D eigenvalue weighted by molar-refractivity contribution is 0.259. The van der Waals surface area contributed by atoms with E-state index in [2.05, 4.69) is 15.5 Å². The van der Waals surface area contributed by atoms with Gasteiger partial charge in [-0.05, 0) is 12.1 Å². The lowest BCUT2D eigenvalue weighted by Gasteiger charge is -2.35. The van der Waals surface area contributed by atoms with Gasteiger partial charge in [0.15, 0.2) is 5.96 Å². The third kappa shape index (κ3) is 5.40. The largest absolute Gasteiger partial charge is 0.496 e. The monoisotopic (exact) mass is 441 g/mol. The molecular formula is C18H24ClN5O4S. The number of nitrogens with zero attached hydrogens (tertiary/aromatic N) is 4. The van der Waals surface area contributed by atoms with Gasteiger partial charge in [0.05, 0.1) is 12.8 Å². The number of aromatic nitrogens is 1. The summed E-state index contributed by atoms with van der Waals surface area (Å²) in [6, 6.07) is 7.03. The molecular weight excluding hydrogens is 418 g/mol. The highest BCUT2D eigenvalue weighted by Crippen LogP contribution is 2.23. The quantitative estimate of drug-likeness (QED) is 0.536. The smallest absolute Gasteiger partial charge is 0.220 e. The third-order valence-corrected chi connectivity index (χ3v) is 6.70. The Labute approximate surface area is 175 Å². The van der Waals surface area contributed by atoms with E-state index in [4.69, 9.17) is 20.9 Å². The van der Waals surface area contributed by atoms with E-state index in [0.29, 0.717) is 55.1 Å². The van der Waals surface area contributed by atoms with E-state index < -0.39 is 10.0 Å². The van der Waals surface area contributed by atoms with Crippen LogP contribution in [0.5, 0.6) is 5.75 Å². The van der Waals surface area contributed by atoms with Crippen LogP contribution in [0.4, 0.5) is 0 Å². The molecule has 29 heavy (non-hydrogen) atoms. The number of nitrogens with one attached hydrogen (secondary N) is 1. The molecule has 2 heterocycles. The molecule has 0 saturated carbocycles. The van der Waals surface area contributed by atoms with E-state index in [-0.39, 0.29) is 5.75 Å². The number of guanidine groups is 1. The predicted molar refractivity (Wildman–Crippen MR) is 110 cm³/mol. The van der Waals surface area contributed by atoms with Gasteiger partial charge in [0.2, 0.25) is 10.0 Å². The van der Waals surface area contributed by atoms with Crippen molar-refractivity contribution in [2.75, 3.05) is 40.3 Å². The summed E-state index contributed by atoms with van der Waals surface area (Å²) in [6.07, 6.45) is 1.37. The minimum atomic E-state index is -3.44. The van der Waals surface area contributed by atoms with Crippen LogP contribution in [-0.2, 0) is 22.3 Å². The van der Waals surface area contributed by atoms with Crippen molar-refractivity contribution in [3.63, 3.8) is 0 Å². The standard InChI is InChI=1S/C18H24ClN5O4S/c1-20-18(21-12-14-3-4-15(19)11-17(14)27-2)23-6-8-24(9-7-23)29(25,26)13-16-5-10-28-22-16/h3-5,10-11H,6-9,12-13H2,1-2H3,(H,20,21). The molecule has 9 nitrogen and oxygen atoms in total. The second kappa shape index (κ2) is 9.47.